The molecule has 0 spiro atoms. The van der Waals surface area contributed by atoms with E-state index in [1.807, 2.05) is 13.8 Å². The van der Waals surface area contributed by atoms with E-state index in [-0.39, 0.29) is 22.5 Å². The zero-order valence-corrected chi connectivity index (χ0v) is 14.1. The number of nitrogens with zero attached hydrogens (tertiary/aromatic N) is 2. The van der Waals surface area contributed by atoms with Gasteiger partial charge in [-0.25, -0.2) is 0 Å². The summed E-state index contributed by atoms with van der Waals surface area (Å²) < 4.78 is 5.84. The smallest absolute Gasteiger partial charge is 0.299 e. The van der Waals surface area contributed by atoms with Crippen LogP contribution in [0.5, 0.6) is 0 Å². The standard InChI is InChI=1S/C15H23N3O5/c1-14(2,3)10-23-15(4,5)9-16-12-7-6-11(17(19)20)8-13(12)18(21)22/h6-8,16H,9-10H2,1-5H3. The molecule has 0 unspecified atom stereocenters. The Hall–Kier alpha value is -2.22. The average molecular weight is 325 g/mol. The first-order chi connectivity index (χ1) is 10.4. The molecular weight excluding hydrogens is 302 g/mol. The minimum atomic E-state index is -0.660. The molecule has 0 saturated heterocycles. The van der Waals surface area contributed by atoms with Gasteiger partial charge in [0.25, 0.3) is 11.4 Å². The Kier molecular flexibility index (Phi) is 5.65. The van der Waals surface area contributed by atoms with Crippen molar-refractivity contribution in [1.82, 2.24) is 0 Å². The van der Waals surface area contributed by atoms with Crippen molar-refractivity contribution in [1.29, 1.82) is 0 Å². The van der Waals surface area contributed by atoms with Crippen molar-refractivity contribution < 1.29 is 14.6 Å². The van der Waals surface area contributed by atoms with E-state index in [1.54, 1.807) is 0 Å². The zero-order valence-electron chi connectivity index (χ0n) is 14.1. The predicted octanol–water partition coefficient (Wildman–Crippen LogP) is 3.76. The van der Waals surface area contributed by atoms with E-state index in [0.29, 0.717) is 13.2 Å². The molecule has 0 aromatic heterocycles. The van der Waals surface area contributed by atoms with Crippen molar-refractivity contribution >= 4 is 17.1 Å². The summed E-state index contributed by atoms with van der Waals surface area (Å²) in [5.74, 6) is 0. The van der Waals surface area contributed by atoms with E-state index in [9.17, 15) is 20.2 Å². The maximum absolute atomic E-state index is 11.1. The van der Waals surface area contributed by atoms with Crippen LogP contribution in [0.1, 0.15) is 34.6 Å². The second kappa shape index (κ2) is 6.91. The first-order valence-corrected chi connectivity index (χ1v) is 7.22. The van der Waals surface area contributed by atoms with Crippen LogP contribution in [-0.2, 0) is 4.74 Å². The van der Waals surface area contributed by atoms with Crippen LogP contribution in [0.2, 0.25) is 0 Å². The fraction of sp³-hybridized carbons (Fsp3) is 0.600. The number of hydrogen-bond acceptors (Lipinski definition) is 6. The van der Waals surface area contributed by atoms with Crippen LogP contribution in [0, 0.1) is 25.6 Å². The lowest BCUT2D eigenvalue weighted by Crippen LogP contribution is -2.36. The number of rotatable bonds is 7. The maximum Gasteiger partial charge on any atom is 0.299 e. The molecule has 0 heterocycles. The Morgan fingerprint density at radius 2 is 1.70 bits per heavy atom. The van der Waals surface area contributed by atoms with Gasteiger partial charge in [0.05, 0.1) is 28.1 Å². The van der Waals surface area contributed by atoms with Gasteiger partial charge in [-0.3, -0.25) is 20.2 Å². The van der Waals surface area contributed by atoms with Crippen molar-refractivity contribution in [2.24, 2.45) is 5.41 Å². The van der Waals surface area contributed by atoms with Gasteiger partial charge in [-0.05, 0) is 25.3 Å². The van der Waals surface area contributed by atoms with Crippen LogP contribution in [-0.4, -0.2) is 28.6 Å². The van der Waals surface area contributed by atoms with E-state index in [4.69, 9.17) is 4.74 Å². The highest BCUT2D eigenvalue weighted by Crippen LogP contribution is 2.29. The number of anilines is 1. The third kappa shape index (κ3) is 6.19. The Balaban J connectivity index is 2.84. The normalized spacial score (nSPS) is 12.0. The highest BCUT2D eigenvalue weighted by Gasteiger charge is 2.25. The second-order valence-electron chi connectivity index (χ2n) is 7.18. The molecule has 0 saturated carbocycles. The van der Waals surface area contributed by atoms with Crippen molar-refractivity contribution in [3.63, 3.8) is 0 Å². The minimum Gasteiger partial charge on any atom is -0.377 e. The maximum atomic E-state index is 11.1. The molecule has 0 aliphatic heterocycles. The van der Waals surface area contributed by atoms with Gasteiger partial charge < -0.3 is 10.1 Å². The molecule has 1 rings (SSSR count). The molecule has 0 amide bonds. The van der Waals surface area contributed by atoms with E-state index in [1.165, 1.54) is 12.1 Å². The van der Waals surface area contributed by atoms with Gasteiger partial charge in [0, 0.05) is 12.6 Å². The molecule has 8 heteroatoms. The van der Waals surface area contributed by atoms with Gasteiger partial charge in [0.15, 0.2) is 0 Å². The van der Waals surface area contributed by atoms with Gasteiger partial charge in [0.1, 0.15) is 5.69 Å². The van der Waals surface area contributed by atoms with Crippen LogP contribution in [0.3, 0.4) is 0 Å². The summed E-state index contributed by atoms with van der Waals surface area (Å²) in [5, 5.41) is 24.8. The van der Waals surface area contributed by atoms with E-state index >= 15 is 0 Å². The largest absolute Gasteiger partial charge is 0.377 e. The molecule has 0 aliphatic carbocycles. The van der Waals surface area contributed by atoms with E-state index in [2.05, 4.69) is 26.1 Å². The second-order valence-corrected chi connectivity index (χ2v) is 7.18. The molecule has 0 bridgehead atoms. The predicted molar refractivity (Wildman–Crippen MR) is 87.7 cm³/mol. The third-order valence-electron chi connectivity index (χ3n) is 2.99. The van der Waals surface area contributed by atoms with E-state index < -0.39 is 15.4 Å². The molecule has 0 aliphatic rings. The van der Waals surface area contributed by atoms with Crippen molar-refractivity contribution in [3.05, 3.63) is 38.4 Å². The van der Waals surface area contributed by atoms with Crippen molar-refractivity contribution in [2.75, 3.05) is 18.5 Å². The van der Waals surface area contributed by atoms with Gasteiger partial charge in [0.2, 0.25) is 0 Å². The third-order valence-corrected chi connectivity index (χ3v) is 2.99. The topological polar surface area (TPSA) is 108 Å². The Morgan fingerprint density at radius 3 is 2.17 bits per heavy atom. The van der Waals surface area contributed by atoms with Crippen LogP contribution < -0.4 is 5.32 Å². The Labute approximate surface area is 135 Å². The zero-order chi connectivity index (χ0) is 17.8. The lowest BCUT2D eigenvalue weighted by atomic mass is 9.98. The number of nitrogens with one attached hydrogen (secondary N) is 1. The molecular formula is C15H23N3O5. The number of hydrogen-bond donors (Lipinski definition) is 1. The number of benzene rings is 1. The minimum absolute atomic E-state index is 0.0105. The summed E-state index contributed by atoms with van der Waals surface area (Å²) in [6.45, 7) is 10.8. The molecule has 1 aromatic carbocycles. The van der Waals surface area contributed by atoms with Crippen LogP contribution in [0.15, 0.2) is 18.2 Å². The highest BCUT2D eigenvalue weighted by atomic mass is 16.6. The summed E-state index contributed by atoms with van der Waals surface area (Å²) in [6.07, 6.45) is 0. The van der Waals surface area contributed by atoms with Crippen LogP contribution in [0.4, 0.5) is 17.1 Å². The molecule has 0 radical (unpaired) electrons. The van der Waals surface area contributed by atoms with Gasteiger partial charge in [-0.1, -0.05) is 20.8 Å². The first kappa shape index (κ1) is 18.8. The quantitative estimate of drug-likeness (QED) is 0.604. The highest BCUT2D eigenvalue weighted by molar-refractivity contribution is 5.65. The molecule has 23 heavy (non-hydrogen) atoms. The van der Waals surface area contributed by atoms with Crippen molar-refractivity contribution in [2.45, 2.75) is 40.2 Å². The van der Waals surface area contributed by atoms with E-state index in [0.717, 1.165) is 6.07 Å². The summed E-state index contributed by atoms with van der Waals surface area (Å²) >= 11 is 0. The van der Waals surface area contributed by atoms with Crippen LogP contribution >= 0.6 is 0 Å². The molecule has 1 aromatic rings. The summed E-state index contributed by atoms with van der Waals surface area (Å²) in [4.78, 5) is 20.5. The number of ether oxygens (including phenoxy) is 1. The molecule has 0 fully saturated rings. The summed E-state index contributed by atoms with van der Waals surface area (Å²) in [5.41, 5.74) is -0.941. The SMILES string of the molecule is CC(C)(C)COC(C)(C)CNc1ccc([N+](=O)[O-])cc1[N+](=O)[O-]. The summed E-state index contributed by atoms with van der Waals surface area (Å²) in [6, 6.07) is 3.53. The Morgan fingerprint density at radius 1 is 1.09 bits per heavy atom. The molecule has 1 N–H and O–H groups in total. The summed E-state index contributed by atoms with van der Waals surface area (Å²) in [7, 11) is 0. The Bertz CT molecular complexity index is 593. The molecule has 0 atom stereocenters. The van der Waals surface area contributed by atoms with Gasteiger partial charge in [-0.2, -0.15) is 0 Å². The molecule has 128 valence electrons. The fourth-order valence-electron chi connectivity index (χ4n) is 1.71. The molecule has 8 nitrogen and oxygen atoms in total. The van der Waals surface area contributed by atoms with Gasteiger partial charge >= 0.3 is 0 Å². The monoisotopic (exact) mass is 325 g/mol. The number of non-ortho nitro benzene ring substituents is 1. The van der Waals surface area contributed by atoms with Crippen molar-refractivity contribution in [3.8, 4) is 0 Å². The fourth-order valence-corrected chi connectivity index (χ4v) is 1.71. The first-order valence-electron chi connectivity index (χ1n) is 7.22. The van der Waals surface area contributed by atoms with Crippen LogP contribution in [0.25, 0.3) is 0 Å². The lowest BCUT2D eigenvalue weighted by molar-refractivity contribution is -0.393. The average Bonchev–Trinajstić information content (AvgIpc) is 2.42. The lowest BCUT2D eigenvalue weighted by Gasteiger charge is -2.30. The number of nitro groups is 2. The number of nitro benzene ring substituents is 2. The van der Waals surface area contributed by atoms with Gasteiger partial charge in [-0.15, -0.1) is 0 Å².